The van der Waals surface area contributed by atoms with Crippen molar-refractivity contribution < 1.29 is 9.18 Å². The van der Waals surface area contributed by atoms with Crippen LogP contribution in [0, 0.1) is 12.7 Å². The Balaban J connectivity index is 1.39. The first-order valence-corrected chi connectivity index (χ1v) is 11.4. The molecule has 0 spiro atoms. The molecule has 172 valence electrons. The minimum atomic E-state index is -0.272. The highest BCUT2D eigenvalue weighted by atomic mass is 19.1. The average Bonchev–Trinajstić information content (AvgIpc) is 2.83. The van der Waals surface area contributed by atoms with Crippen LogP contribution in [-0.4, -0.2) is 47.5 Å². The molecular formula is C26H30FN5O. The van der Waals surface area contributed by atoms with Crippen LogP contribution >= 0.6 is 0 Å². The Kier molecular flexibility index (Phi) is 7.17. The molecule has 0 aliphatic carbocycles. The molecule has 3 heterocycles. The molecule has 33 heavy (non-hydrogen) atoms. The summed E-state index contributed by atoms with van der Waals surface area (Å²) >= 11 is 0. The van der Waals surface area contributed by atoms with E-state index in [4.69, 9.17) is 4.98 Å². The standard InChI is InChI=1S/C26H30FN5O/c1-19-16-21(30-25-11-5-6-13-28-25)17-23(29-19)20-8-7-14-32(18-20)26(33)12-15-31(2)24-10-4-3-9-22(24)27/h3-6,9-11,13,16-17,20H,7-8,12,14-15,18H2,1-2H3,(H,28,29,30). The van der Waals surface area contributed by atoms with E-state index in [1.54, 1.807) is 29.3 Å². The molecule has 3 aromatic rings. The summed E-state index contributed by atoms with van der Waals surface area (Å²) in [5.41, 5.74) is 3.39. The molecule has 1 unspecified atom stereocenters. The van der Waals surface area contributed by atoms with Crippen LogP contribution in [0.25, 0.3) is 0 Å². The summed E-state index contributed by atoms with van der Waals surface area (Å²) in [6.07, 6.45) is 4.05. The van der Waals surface area contributed by atoms with Crippen LogP contribution < -0.4 is 10.2 Å². The van der Waals surface area contributed by atoms with Crippen molar-refractivity contribution in [2.45, 2.75) is 32.1 Å². The number of amides is 1. The number of aromatic nitrogens is 2. The van der Waals surface area contributed by atoms with Gasteiger partial charge in [-0.1, -0.05) is 18.2 Å². The molecule has 0 radical (unpaired) electrons. The van der Waals surface area contributed by atoms with Gasteiger partial charge in [-0.2, -0.15) is 0 Å². The maximum atomic E-state index is 14.0. The van der Waals surface area contributed by atoms with Crippen LogP contribution in [0.2, 0.25) is 0 Å². The Labute approximate surface area is 194 Å². The van der Waals surface area contributed by atoms with Crippen LogP contribution in [0.4, 0.5) is 21.6 Å². The number of carbonyl (C=O) groups is 1. The van der Waals surface area contributed by atoms with Gasteiger partial charge in [-0.25, -0.2) is 9.37 Å². The van der Waals surface area contributed by atoms with Crippen molar-refractivity contribution in [2.75, 3.05) is 36.9 Å². The third kappa shape index (κ3) is 5.86. The minimum Gasteiger partial charge on any atom is -0.372 e. The predicted octanol–water partition coefficient (Wildman–Crippen LogP) is 4.90. The fourth-order valence-electron chi connectivity index (χ4n) is 4.31. The SMILES string of the molecule is Cc1cc(Nc2ccccn2)cc(C2CCCN(C(=O)CCN(C)c3ccccc3F)C2)n1. The van der Waals surface area contributed by atoms with Crippen LogP contribution in [0.1, 0.15) is 36.6 Å². The van der Waals surface area contributed by atoms with Gasteiger partial charge >= 0.3 is 0 Å². The summed E-state index contributed by atoms with van der Waals surface area (Å²) in [4.78, 5) is 25.8. The first kappa shape index (κ1) is 22.7. The first-order valence-electron chi connectivity index (χ1n) is 11.4. The number of halogens is 1. The summed E-state index contributed by atoms with van der Waals surface area (Å²) in [5.74, 6) is 0.804. The average molecular weight is 448 g/mol. The highest BCUT2D eigenvalue weighted by molar-refractivity contribution is 5.77. The molecule has 1 aliphatic rings. The summed E-state index contributed by atoms with van der Waals surface area (Å²) in [6.45, 7) is 3.87. The maximum absolute atomic E-state index is 14.0. The van der Waals surface area contributed by atoms with E-state index in [9.17, 15) is 9.18 Å². The van der Waals surface area contributed by atoms with Crippen LogP contribution in [0.3, 0.4) is 0 Å². The van der Waals surface area contributed by atoms with Gasteiger partial charge in [0.1, 0.15) is 11.6 Å². The lowest BCUT2D eigenvalue weighted by Gasteiger charge is -2.33. The van der Waals surface area contributed by atoms with E-state index in [2.05, 4.69) is 16.4 Å². The molecule has 0 bridgehead atoms. The van der Waals surface area contributed by atoms with E-state index in [-0.39, 0.29) is 17.6 Å². The summed E-state index contributed by atoms with van der Waals surface area (Å²) in [7, 11) is 1.82. The topological polar surface area (TPSA) is 61.4 Å². The van der Waals surface area contributed by atoms with Crippen LogP contribution in [0.15, 0.2) is 60.8 Å². The second kappa shape index (κ2) is 10.4. The highest BCUT2D eigenvalue weighted by Gasteiger charge is 2.26. The fourth-order valence-corrected chi connectivity index (χ4v) is 4.31. The lowest BCUT2D eigenvalue weighted by molar-refractivity contribution is -0.132. The Hall–Kier alpha value is -3.48. The fraction of sp³-hybridized carbons (Fsp3) is 0.346. The van der Waals surface area contributed by atoms with Gasteiger partial charge in [0.25, 0.3) is 0 Å². The Bertz CT molecular complexity index is 1090. The number of likely N-dealkylation sites (tertiary alicyclic amines) is 1. The van der Waals surface area contributed by atoms with Crippen molar-refractivity contribution in [1.29, 1.82) is 0 Å². The smallest absolute Gasteiger partial charge is 0.224 e. The second-order valence-corrected chi connectivity index (χ2v) is 8.56. The number of aryl methyl sites for hydroxylation is 1. The minimum absolute atomic E-state index is 0.0994. The number of hydrogen-bond donors (Lipinski definition) is 1. The predicted molar refractivity (Wildman–Crippen MR) is 129 cm³/mol. The number of nitrogens with zero attached hydrogens (tertiary/aromatic N) is 4. The number of piperidine rings is 1. The molecule has 1 N–H and O–H groups in total. The normalized spacial score (nSPS) is 15.8. The highest BCUT2D eigenvalue weighted by Crippen LogP contribution is 2.29. The Morgan fingerprint density at radius 3 is 2.82 bits per heavy atom. The number of para-hydroxylation sites is 1. The van der Waals surface area contributed by atoms with Gasteiger partial charge < -0.3 is 15.1 Å². The number of anilines is 3. The van der Waals surface area contributed by atoms with Crippen molar-refractivity contribution >= 4 is 23.1 Å². The number of benzene rings is 1. The largest absolute Gasteiger partial charge is 0.372 e. The van der Waals surface area contributed by atoms with E-state index in [1.807, 2.05) is 43.1 Å². The van der Waals surface area contributed by atoms with Crippen molar-refractivity contribution in [3.8, 4) is 0 Å². The second-order valence-electron chi connectivity index (χ2n) is 8.56. The van der Waals surface area contributed by atoms with Crippen molar-refractivity contribution in [3.05, 3.63) is 78.0 Å². The molecule has 1 amide bonds. The molecule has 2 aromatic heterocycles. The summed E-state index contributed by atoms with van der Waals surface area (Å²) in [5, 5.41) is 3.34. The van der Waals surface area contributed by atoms with E-state index >= 15 is 0 Å². The van der Waals surface area contributed by atoms with Gasteiger partial charge in [0.15, 0.2) is 0 Å². The maximum Gasteiger partial charge on any atom is 0.224 e. The van der Waals surface area contributed by atoms with E-state index in [0.717, 1.165) is 42.3 Å². The Morgan fingerprint density at radius 1 is 1.21 bits per heavy atom. The van der Waals surface area contributed by atoms with E-state index in [0.29, 0.717) is 25.2 Å². The zero-order valence-corrected chi connectivity index (χ0v) is 19.2. The first-order chi connectivity index (χ1) is 16.0. The van der Waals surface area contributed by atoms with Gasteiger partial charge in [0, 0.05) is 62.3 Å². The molecule has 1 fully saturated rings. The van der Waals surface area contributed by atoms with Crippen molar-refractivity contribution in [2.24, 2.45) is 0 Å². The van der Waals surface area contributed by atoms with Crippen LogP contribution in [0.5, 0.6) is 0 Å². The van der Waals surface area contributed by atoms with Gasteiger partial charge in [-0.15, -0.1) is 0 Å². The van der Waals surface area contributed by atoms with Gasteiger partial charge in [0.2, 0.25) is 5.91 Å². The lowest BCUT2D eigenvalue weighted by Crippen LogP contribution is -2.40. The summed E-state index contributed by atoms with van der Waals surface area (Å²) in [6, 6.07) is 16.5. The molecule has 7 heteroatoms. The molecule has 4 rings (SSSR count). The monoisotopic (exact) mass is 447 g/mol. The molecule has 1 saturated heterocycles. The van der Waals surface area contributed by atoms with Gasteiger partial charge in [0.05, 0.1) is 5.69 Å². The zero-order chi connectivity index (χ0) is 23.2. The van der Waals surface area contributed by atoms with Crippen molar-refractivity contribution in [1.82, 2.24) is 14.9 Å². The van der Waals surface area contributed by atoms with E-state index in [1.165, 1.54) is 6.07 Å². The molecular weight excluding hydrogens is 417 g/mol. The molecule has 1 aromatic carbocycles. The number of carbonyl (C=O) groups excluding carboxylic acids is 1. The number of rotatable bonds is 7. The van der Waals surface area contributed by atoms with Crippen molar-refractivity contribution in [3.63, 3.8) is 0 Å². The third-order valence-corrected chi connectivity index (χ3v) is 6.03. The molecule has 6 nitrogen and oxygen atoms in total. The Morgan fingerprint density at radius 2 is 2.03 bits per heavy atom. The number of hydrogen-bond acceptors (Lipinski definition) is 5. The van der Waals surface area contributed by atoms with Crippen LogP contribution in [-0.2, 0) is 4.79 Å². The quantitative estimate of drug-likeness (QED) is 0.558. The molecule has 1 aliphatic heterocycles. The number of nitrogens with one attached hydrogen (secondary N) is 1. The lowest BCUT2D eigenvalue weighted by atomic mass is 9.93. The zero-order valence-electron chi connectivity index (χ0n) is 19.2. The molecule has 1 atom stereocenters. The summed E-state index contributed by atoms with van der Waals surface area (Å²) < 4.78 is 14.0. The third-order valence-electron chi connectivity index (χ3n) is 6.03. The van der Waals surface area contributed by atoms with Gasteiger partial charge in [-0.3, -0.25) is 9.78 Å². The van der Waals surface area contributed by atoms with E-state index < -0.39 is 0 Å². The van der Waals surface area contributed by atoms with Gasteiger partial charge in [-0.05, 0) is 56.2 Å². The molecule has 0 saturated carbocycles. The number of pyridine rings is 2.